The molecular formula is C16H17NO5. The van der Waals surface area contributed by atoms with E-state index < -0.39 is 12.1 Å². The van der Waals surface area contributed by atoms with Crippen LogP contribution in [0.15, 0.2) is 21.3 Å². The smallest absolute Gasteiger partial charge is 0.407 e. The Bertz CT molecular complexity index is 823. The Kier molecular flexibility index (Phi) is 3.31. The number of phenols is 1. The van der Waals surface area contributed by atoms with Gasteiger partial charge in [-0.2, -0.15) is 0 Å². The molecule has 0 spiro atoms. The summed E-state index contributed by atoms with van der Waals surface area (Å²) >= 11 is 0. The number of nitrogens with zero attached hydrogens (tertiary/aromatic N) is 1. The van der Waals surface area contributed by atoms with Gasteiger partial charge in [0, 0.05) is 17.7 Å². The van der Waals surface area contributed by atoms with E-state index in [1.54, 1.807) is 13.8 Å². The van der Waals surface area contributed by atoms with Crippen LogP contribution in [0.4, 0.5) is 4.79 Å². The fourth-order valence-corrected chi connectivity index (χ4v) is 3.08. The number of fused-ring (bicyclic) bond motifs is 1. The van der Waals surface area contributed by atoms with E-state index in [1.165, 1.54) is 17.0 Å². The van der Waals surface area contributed by atoms with Gasteiger partial charge in [0.1, 0.15) is 17.1 Å². The molecule has 1 aliphatic rings. The molecule has 6 nitrogen and oxygen atoms in total. The van der Waals surface area contributed by atoms with E-state index in [-0.39, 0.29) is 11.2 Å². The molecule has 0 unspecified atom stereocenters. The predicted molar refractivity (Wildman–Crippen MR) is 80.3 cm³/mol. The molecule has 0 radical (unpaired) electrons. The maximum atomic E-state index is 12.5. The van der Waals surface area contributed by atoms with Gasteiger partial charge in [-0.1, -0.05) is 0 Å². The number of carbonyl (C=O) groups is 1. The van der Waals surface area contributed by atoms with Crippen LogP contribution in [0.25, 0.3) is 11.0 Å². The molecule has 1 atom stereocenters. The molecule has 1 saturated heterocycles. The summed E-state index contributed by atoms with van der Waals surface area (Å²) < 4.78 is 5.88. The molecule has 1 aliphatic heterocycles. The molecule has 2 N–H and O–H groups in total. The highest BCUT2D eigenvalue weighted by atomic mass is 16.4. The monoisotopic (exact) mass is 303 g/mol. The lowest BCUT2D eigenvalue weighted by Crippen LogP contribution is -2.30. The number of carboxylic acid groups (broad SMARTS) is 1. The van der Waals surface area contributed by atoms with E-state index in [9.17, 15) is 19.8 Å². The highest BCUT2D eigenvalue weighted by Crippen LogP contribution is 2.35. The third-order valence-electron chi connectivity index (χ3n) is 4.35. The van der Waals surface area contributed by atoms with Crippen molar-refractivity contribution in [3.8, 4) is 5.75 Å². The lowest BCUT2D eigenvalue weighted by atomic mass is 10.0. The SMILES string of the molecule is Cc1c([C@H]2CCCN2C(=O)O)oc2c(C)c(O)ccc2c1=O. The summed E-state index contributed by atoms with van der Waals surface area (Å²) in [6, 6.07) is 2.55. The van der Waals surface area contributed by atoms with Crippen molar-refractivity contribution >= 4 is 17.1 Å². The summed E-state index contributed by atoms with van der Waals surface area (Å²) in [5, 5.41) is 19.5. The molecule has 1 fully saturated rings. The maximum absolute atomic E-state index is 12.5. The zero-order valence-corrected chi connectivity index (χ0v) is 12.4. The molecule has 0 bridgehead atoms. The Morgan fingerprint density at radius 1 is 1.32 bits per heavy atom. The number of aryl methyl sites for hydroxylation is 1. The number of aromatic hydroxyl groups is 1. The second kappa shape index (κ2) is 5.05. The van der Waals surface area contributed by atoms with Crippen molar-refractivity contribution in [2.24, 2.45) is 0 Å². The van der Waals surface area contributed by atoms with Gasteiger partial charge in [0.2, 0.25) is 0 Å². The lowest BCUT2D eigenvalue weighted by molar-refractivity contribution is 0.135. The first kappa shape index (κ1) is 14.4. The molecule has 0 aliphatic carbocycles. The van der Waals surface area contributed by atoms with Gasteiger partial charge in [-0.05, 0) is 38.8 Å². The second-order valence-corrected chi connectivity index (χ2v) is 5.64. The van der Waals surface area contributed by atoms with E-state index in [2.05, 4.69) is 0 Å². The summed E-state index contributed by atoms with van der Waals surface area (Å²) in [7, 11) is 0. The second-order valence-electron chi connectivity index (χ2n) is 5.64. The Labute approximate surface area is 126 Å². The number of benzene rings is 1. The van der Waals surface area contributed by atoms with Crippen LogP contribution in [-0.4, -0.2) is 27.8 Å². The first-order chi connectivity index (χ1) is 10.4. The van der Waals surface area contributed by atoms with Crippen LogP contribution < -0.4 is 5.43 Å². The first-order valence-corrected chi connectivity index (χ1v) is 7.17. The van der Waals surface area contributed by atoms with Crippen LogP contribution in [0.5, 0.6) is 5.75 Å². The Morgan fingerprint density at radius 3 is 2.73 bits per heavy atom. The first-order valence-electron chi connectivity index (χ1n) is 7.17. The average Bonchev–Trinajstić information content (AvgIpc) is 2.96. The van der Waals surface area contributed by atoms with Gasteiger partial charge >= 0.3 is 6.09 Å². The van der Waals surface area contributed by atoms with Gasteiger partial charge in [-0.3, -0.25) is 9.69 Å². The van der Waals surface area contributed by atoms with Gasteiger partial charge in [0.15, 0.2) is 5.43 Å². The maximum Gasteiger partial charge on any atom is 0.407 e. The summed E-state index contributed by atoms with van der Waals surface area (Å²) in [5.74, 6) is 0.429. The Hall–Kier alpha value is -2.50. The van der Waals surface area contributed by atoms with Crippen molar-refractivity contribution in [1.82, 2.24) is 4.90 Å². The molecule has 22 heavy (non-hydrogen) atoms. The van der Waals surface area contributed by atoms with E-state index >= 15 is 0 Å². The molecule has 0 saturated carbocycles. The molecule has 1 aromatic carbocycles. The molecule has 2 aromatic rings. The number of hydrogen-bond acceptors (Lipinski definition) is 4. The van der Waals surface area contributed by atoms with Crippen molar-refractivity contribution in [3.63, 3.8) is 0 Å². The third kappa shape index (κ3) is 2.03. The molecular weight excluding hydrogens is 286 g/mol. The number of phenolic OH excluding ortho intramolecular Hbond substituents is 1. The number of likely N-dealkylation sites (tertiary alicyclic amines) is 1. The molecule has 3 rings (SSSR count). The van der Waals surface area contributed by atoms with Gasteiger partial charge in [-0.25, -0.2) is 4.79 Å². The largest absolute Gasteiger partial charge is 0.508 e. The Morgan fingerprint density at radius 2 is 2.05 bits per heavy atom. The summed E-state index contributed by atoms with van der Waals surface area (Å²) in [6.07, 6.45) is 0.341. The normalized spacial score (nSPS) is 18.1. The van der Waals surface area contributed by atoms with Crippen molar-refractivity contribution in [2.75, 3.05) is 6.54 Å². The van der Waals surface area contributed by atoms with E-state index in [4.69, 9.17) is 4.42 Å². The van der Waals surface area contributed by atoms with Crippen LogP contribution in [0.3, 0.4) is 0 Å². The highest BCUT2D eigenvalue weighted by Gasteiger charge is 2.33. The van der Waals surface area contributed by atoms with Crippen molar-refractivity contribution < 1.29 is 19.4 Å². The topological polar surface area (TPSA) is 91.0 Å². The fourth-order valence-electron chi connectivity index (χ4n) is 3.08. The Balaban J connectivity index is 2.26. The molecule has 116 valence electrons. The zero-order chi connectivity index (χ0) is 16.0. The van der Waals surface area contributed by atoms with Gasteiger partial charge in [0.25, 0.3) is 0 Å². The predicted octanol–water partition coefficient (Wildman–Crippen LogP) is 2.93. The fraction of sp³-hybridized carbons (Fsp3) is 0.375. The molecule has 6 heteroatoms. The number of hydrogen-bond donors (Lipinski definition) is 2. The standard InChI is InChI=1S/C16H17NO5/c1-8-12(18)6-5-10-13(19)9(2)15(22-14(8)10)11-4-3-7-17(11)16(20)21/h5-6,11,18H,3-4,7H2,1-2H3,(H,20,21)/t11-/m1/s1. The van der Waals surface area contributed by atoms with Gasteiger partial charge in [-0.15, -0.1) is 0 Å². The number of rotatable bonds is 1. The van der Waals surface area contributed by atoms with Crippen LogP contribution in [0.2, 0.25) is 0 Å². The highest BCUT2D eigenvalue weighted by molar-refractivity contribution is 5.82. The zero-order valence-electron chi connectivity index (χ0n) is 12.4. The van der Waals surface area contributed by atoms with Crippen LogP contribution in [-0.2, 0) is 0 Å². The summed E-state index contributed by atoms with van der Waals surface area (Å²) in [4.78, 5) is 25.2. The molecule has 2 heterocycles. The summed E-state index contributed by atoms with van der Waals surface area (Å²) in [5.41, 5.74) is 1.05. The minimum Gasteiger partial charge on any atom is -0.508 e. The summed E-state index contributed by atoms with van der Waals surface area (Å²) in [6.45, 7) is 3.75. The molecule has 1 aromatic heterocycles. The third-order valence-corrected chi connectivity index (χ3v) is 4.35. The minimum absolute atomic E-state index is 0.0481. The molecule has 1 amide bonds. The van der Waals surface area contributed by atoms with Crippen molar-refractivity contribution in [3.05, 3.63) is 39.2 Å². The van der Waals surface area contributed by atoms with Crippen molar-refractivity contribution in [1.29, 1.82) is 0 Å². The van der Waals surface area contributed by atoms with Gasteiger partial charge in [0.05, 0.1) is 11.4 Å². The number of amides is 1. The minimum atomic E-state index is -1.02. The van der Waals surface area contributed by atoms with E-state index in [0.717, 1.165) is 6.42 Å². The van der Waals surface area contributed by atoms with E-state index in [1.807, 2.05) is 0 Å². The van der Waals surface area contributed by atoms with Crippen molar-refractivity contribution in [2.45, 2.75) is 32.7 Å². The quantitative estimate of drug-likeness (QED) is 0.845. The van der Waals surface area contributed by atoms with E-state index in [0.29, 0.717) is 40.8 Å². The lowest BCUT2D eigenvalue weighted by Gasteiger charge is -2.22. The van der Waals surface area contributed by atoms with Crippen LogP contribution >= 0.6 is 0 Å². The van der Waals surface area contributed by atoms with Crippen LogP contribution in [0.1, 0.15) is 35.8 Å². The van der Waals surface area contributed by atoms with Crippen LogP contribution in [0, 0.1) is 13.8 Å². The van der Waals surface area contributed by atoms with Gasteiger partial charge < -0.3 is 14.6 Å². The average molecular weight is 303 g/mol.